The van der Waals surface area contributed by atoms with E-state index in [1.165, 1.54) is 24.2 Å². The second kappa shape index (κ2) is 5.88. The lowest BCUT2D eigenvalue weighted by atomic mass is 9.96. The Balaban J connectivity index is 1.91. The van der Waals surface area contributed by atoms with E-state index in [9.17, 15) is 0 Å². The highest BCUT2D eigenvalue weighted by Gasteiger charge is 2.38. The normalized spacial score (nSPS) is 26.2. The highest BCUT2D eigenvalue weighted by Crippen LogP contribution is 2.38. The third-order valence-corrected chi connectivity index (χ3v) is 5.02. The molecule has 1 heterocycles. The number of hydrogen-bond acceptors (Lipinski definition) is 3. The molecule has 0 radical (unpaired) electrons. The minimum absolute atomic E-state index is 0.584. The van der Waals surface area contributed by atoms with Crippen LogP contribution in [0.25, 0.3) is 0 Å². The Morgan fingerprint density at radius 2 is 1.90 bits per heavy atom. The van der Waals surface area contributed by atoms with Gasteiger partial charge in [0.25, 0.3) is 0 Å². The lowest BCUT2D eigenvalue weighted by molar-refractivity contribution is 0.320. The van der Waals surface area contributed by atoms with Crippen LogP contribution < -0.4 is 15.1 Å². The molecule has 2 atom stereocenters. The van der Waals surface area contributed by atoms with Crippen LogP contribution in [0.1, 0.15) is 26.7 Å². The van der Waals surface area contributed by atoms with Gasteiger partial charge >= 0.3 is 0 Å². The van der Waals surface area contributed by atoms with E-state index in [-0.39, 0.29) is 0 Å². The zero-order chi connectivity index (χ0) is 15.0. The van der Waals surface area contributed by atoms with Gasteiger partial charge in [-0.1, -0.05) is 26.0 Å². The Morgan fingerprint density at radius 1 is 1.19 bits per heavy atom. The Bertz CT molecular complexity index is 479. The monoisotopic (exact) mass is 287 g/mol. The Hall–Kier alpha value is -1.22. The molecule has 1 saturated carbocycles. The highest BCUT2D eigenvalue weighted by molar-refractivity contribution is 5.71. The summed E-state index contributed by atoms with van der Waals surface area (Å²) in [5.41, 5.74) is 2.73. The van der Waals surface area contributed by atoms with Gasteiger partial charge in [-0.25, -0.2) is 0 Å². The smallest absolute Gasteiger partial charge is 0.0607 e. The summed E-state index contributed by atoms with van der Waals surface area (Å²) in [6, 6.07) is 10.1. The summed E-state index contributed by atoms with van der Waals surface area (Å²) in [6.07, 6.45) is 2.82. The van der Waals surface area contributed by atoms with Crippen LogP contribution in [0.15, 0.2) is 24.3 Å². The van der Waals surface area contributed by atoms with Gasteiger partial charge in [0.2, 0.25) is 0 Å². The molecule has 116 valence electrons. The van der Waals surface area contributed by atoms with E-state index in [2.05, 4.69) is 67.3 Å². The van der Waals surface area contributed by atoms with E-state index >= 15 is 0 Å². The van der Waals surface area contributed by atoms with Crippen LogP contribution in [0.3, 0.4) is 0 Å². The van der Waals surface area contributed by atoms with Crippen LogP contribution in [-0.2, 0) is 0 Å². The van der Waals surface area contributed by atoms with Crippen LogP contribution in [-0.4, -0.2) is 39.3 Å². The molecule has 0 aromatic heterocycles. The van der Waals surface area contributed by atoms with Gasteiger partial charge in [0.1, 0.15) is 0 Å². The number of para-hydroxylation sites is 2. The van der Waals surface area contributed by atoms with Gasteiger partial charge in [-0.05, 0) is 36.8 Å². The molecule has 2 unspecified atom stereocenters. The third-order valence-electron chi connectivity index (χ3n) is 5.02. The Labute approximate surface area is 129 Å². The predicted octanol–water partition coefficient (Wildman–Crippen LogP) is 2.97. The number of piperazine rings is 1. The summed E-state index contributed by atoms with van der Waals surface area (Å²) in [5.74, 6) is 1.57. The number of benzene rings is 1. The largest absolute Gasteiger partial charge is 0.376 e. The van der Waals surface area contributed by atoms with Crippen molar-refractivity contribution >= 4 is 11.4 Å². The van der Waals surface area contributed by atoms with Crippen LogP contribution in [0.2, 0.25) is 0 Å². The molecule has 0 amide bonds. The molecule has 1 aliphatic heterocycles. The maximum absolute atomic E-state index is 3.81. The molecule has 3 heteroatoms. The average Bonchev–Trinajstić information content (AvgIpc) is 3.31. The first-order valence-corrected chi connectivity index (χ1v) is 8.34. The second-order valence-electron chi connectivity index (χ2n) is 7.20. The molecule has 21 heavy (non-hydrogen) atoms. The number of nitrogens with one attached hydrogen (secondary N) is 1. The fourth-order valence-corrected chi connectivity index (χ4v) is 3.57. The number of hydrogen-bond donors (Lipinski definition) is 1. The van der Waals surface area contributed by atoms with Crippen LogP contribution in [0.4, 0.5) is 11.4 Å². The van der Waals surface area contributed by atoms with Crippen molar-refractivity contribution in [3.05, 3.63) is 24.3 Å². The molecule has 1 aromatic rings. The minimum atomic E-state index is 0.584. The van der Waals surface area contributed by atoms with E-state index in [1.807, 2.05) is 0 Å². The summed E-state index contributed by atoms with van der Waals surface area (Å²) in [6.45, 7) is 6.95. The van der Waals surface area contributed by atoms with E-state index in [1.54, 1.807) is 0 Å². The maximum Gasteiger partial charge on any atom is 0.0607 e. The van der Waals surface area contributed by atoms with Crippen LogP contribution in [0, 0.1) is 11.8 Å². The molecular formula is C18H29N3. The molecule has 0 spiro atoms. The van der Waals surface area contributed by atoms with Gasteiger partial charge in [-0.15, -0.1) is 0 Å². The van der Waals surface area contributed by atoms with Crippen molar-refractivity contribution in [1.29, 1.82) is 0 Å². The lowest BCUT2D eigenvalue weighted by Gasteiger charge is -2.45. The van der Waals surface area contributed by atoms with E-state index < -0.39 is 0 Å². The molecule has 0 bridgehead atoms. The van der Waals surface area contributed by atoms with Crippen molar-refractivity contribution < 1.29 is 0 Å². The van der Waals surface area contributed by atoms with Gasteiger partial charge in [0, 0.05) is 39.3 Å². The highest BCUT2D eigenvalue weighted by atomic mass is 15.3. The fraction of sp³-hybridized carbons (Fsp3) is 0.667. The molecular weight excluding hydrogens is 258 g/mol. The van der Waals surface area contributed by atoms with Crippen molar-refractivity contribution in [3.8, 4) is 0 Å². The number of nitrogens with zero attached hydrogens (tertiary/aromatic N) is 2. The molecule has 1 saturated heterocycles. The quantitative estimate of drug-likeness (QED) is 0.918. The topological polar surface area (TPSA) is 18.5 Å². The Morgan fingerprint density at radius 3 is 2.52 bits per heavy atom. The SMILES string of the molecule is CC(C)C1CNC(C2CC2)CN1c1ccccc1N(C)C. The van der Waals surface area contributed by atoms with Crippen molar-refractivity contribution in [2.24, 2.45) is 11.8 Å². The summed E-state index contributed by atoms with van der Waals surface area (Å²) in [5, 5.41) is 3.81. The van der Waals surface area contributed by atoms with E-state index in [0.29, 0.717) is 18.0 Å². The van der Waals surface area contributed by atoms with Crippen molar-refractivity contribution in [2.75, 3.05) is 37.0 Å². The number of rotatable bonds is 4. The summed E-state index contributed by atoms with van der Waals surface area (Å²) in [7, 11) is 4.29. The zero-order valence-corrected chi connectivity index (χ0v) is 13.8. The first-order chi connectivity index (χ1) is 10.1. The minimum Gasteiger partial charge on any atom is -0.376 e. The molecule has 3 nitrogen and oxygen atoms in total. The zero-order valence-electron chi connectivity index (χ0n) is 13.8. The number of anilines is 2. The first-order valence-electron chi connectivity index (χ1n) is 8.34. The van der Waals surface area contributed by atoms with Gasteiger partial charge in [-0.2, -0.15) is 0 Å². The van der Waals surface area contributed by atoms with Gasteiger partial charge < -0.3 is 15.1 Å². The molecule has 1 N–H and O–H groups in total. The Kier molecular flexibility index (Phi) is 4.12. The van der Waals surface area contributed by atoms with Crippen molar-refractivity contribution in [1.82, 2.24) is 5.32 Å². The van der Waals surface area contributed by atoms with Gasteiger partial charge in [0.05, 0.1) is 11.4 Å². The van der Waals surface area contributed by atoms with E-state index in [0.717, 1.165) is 19.0 Å². The standard InChI is InChI=1S/C18H29N3/c1-13(2)18-11-19-15(14-9-10-14)12-21(18)17-8-6-5-7-16(17)20(3)4/h5-8,13-15,18-19H,9-12H2,1-4H3. The summed E-state index contributed by atoms with van der Waals surface area (Å²) < 4.78 is 0. The second-order valence-corrected chi connectivity index (χ2v) is 7.20. The van der Waals surface area contributed by atoms with Gasteiger partial charge in [0.15, 0.2) is 0 Å². The summed E-state index contributed by atoms with van der Waals surface area (Å²) >= 11 is 0. The maximum atomic E-state index is 3.81. The fourth-order valence-electron chi connectivity index (χ4n) is 3.57. The van der Waals surface area contributed by atoms with Crippen LogP contribution >= 0.6 is 0 Å². The summed E-state index contributed by atoms with van der Waals surface area (Å²) in [4.78, 5) is 4.90. The van der Waals surface area contributed by atoms with Crippen molar-refractivity contribution in [3.63, 3.8) is 0 Å². The van der Waals surface area contributed by atoms with Crippen molar-refractivity contribution in [2.45, 2.75) is 38.8 Å². The van der Waals surface area contributed by atoms with E-state index in [4.69, 9.17) is 0 Å². The average molecular weight is 287 g/mol. The molecule has 1 aliphatic carbocycles. The lowest BCUT2D eigenvalue weighted by Crippen LogP contribution is -2.59. The molecule has 3 rings (SSSR count). The predicted molar refractivity (Wildman–Crippen MR) is 91.3 cm³/mol. The molecule has 2 aliphatic rings. The first kappa shape index (κ1) is 14.7. The molecule has 1 aromatic carbocycles. The van der Waals surface area contributed by atoms with Crippen LogP contribution in [0.5, 0.6) is 0 Å². The third kappa shape index (κ3) is 3.03. The van der Waals surface area contributed by atoms with Gasteiger partial charge in [-0.3, -0.25) is 0 Å². The molecule has 2 fully saturated rings.